The molecular formula is C22H20BrN5O5. The summed E-state index contributed by atoms with van der Waals surface area (Å²) >= 11 is 3.42. The van der Waals surface area contributed by atoms with Crippen molar-refractivity contribution in [2.45, 2.75) is 27.3 Å². The lowest BCUT2D eigenvalue weighted by Gasteiger charge is -2.10. The number of hydrogen-bond donors (Lipinski definition) is 1. The summed E-state index contributed by atoms with van der Waals surface area (Å²) in [5.74, 6) is -0.809. The summed E-state index contributed by atoms with van der Waals surface area (Å²) in [6.45, 7) is 5.34. The molecule has 2 aromatic carbocycles. The molecule has 3 rings (SSSR count). The van der Waals surface area contributed by atoms with Gasteiger partial charge in [0.25, 0.3) is 11.6 Å². The number of hydrazone groups is 1. The highest BCUT2D eigenvalue weighted by atomic mass is 79.9. The Morgan fingerprint density at radius 2 is 1.85 bits per heavy atom. The first-order valence-electron chi connectivity index (χ1n) is 9.76. The number of carbonyl (C=O) groups is 2. The van der Waals surface area contributed by atoms with Gasteiger partial charge in [-0.1, -0.05) is 12.1 Å². The van der Waals surface area contributed by atoms with Crippen LogP contribution < -0.4 is 10.2 Å². The van der Waals surface area contributed by atoms with Crippen molar-refractivity contribution in [2.75, 3.05) is 0 Å². The van der Waals surface area contributed by atoms with E-state index in [1.54, 1.807) is 35.9 Å². The quantitative estimate of drug-likeness (QED) is 0.167. The van der Waals surface area contributed by atoms with Gasteiger partial charge in [0.2, 0.25) is 0 Å². The molecule has 1 heterocycles. The van der Waals surface area contributed by atoms with Gasteiger partial charge in [-0.2, -0.15) is 10.2 Å². The predicted octanol–water partition coefficient (Wildman–Crippen LogP) is 3.93. The Morgan fingerprint density at radius 3 is 2.45 bits per heavy atom. The average molecular weight is 514 g/mol. The van der Waals surface area contributed by atoms with Gasteiger partial charge in [-0.25, -0.2) is 10.2 Å². The Labute approximate surface area is 197 Å². The molecule has 0 fully saturated rings. The molecule has 0 saturated heterocycles. The molecule has 1 amide bonds. The van der Waals surface area contributed by atoms with Crippen LogP contribution in [0.15, 0.2) is 58.1 Å². The summed E-state index contributed by atoms with van der Waals surface area (Å²) in [7, 11) is 0. The van der Waals surface area contributed by atoms with Gasteiger partial charge in [-0.3, -0.25) is 19.6 Å². The second-order valence-corrected chi connectivity index (χ2v) is 7.86. The Bertz CT molecular complexity index is 1250. The van der Waals surface area contributed by atoms with Crippen molar-refractivity contribution in [1.29, 1.82) is 0 Å². The zero-order valence-corrected chi connectivity index (χ0v) is 19.6. The molecule has 3 aromatic rings. The van der Waals surface area contributed by atoms with Crippen LogP contribution in [0.3, 0.4) is 0 Å². The molecule has 0 atom stereocenters. The van der Waals surface area contributed by atoms with E-state index in [1.807, 2.05) is 13.8 Å². The van der Waals surface area contributed by atoms with Gasteiger partial charge >= 0.3 is 5.97 Å². The van der Waals surface area contributed by atoms with Crippen LogP contribution in [-0.4, -0.2) is 32.3 Å². The van der Waals surface area contributed by atoms with E-state index < -0.39 is 10.9 Å². The van der Waals surface area contributed by atoms with Crippen molar-refractivity contribution in [3.8, 4) is 5.75 Å². The maximum absolute atomic E-state index is 12.5. The second kappa shape index (κ2) is 10.2. The number of aryl methyl sites for hydroxylation is 1. The number of nitrogens with zero attached hydrogens (tertiary/aromatic N) is 4. The van der Waals surface area contributed by atoms with Crippen LogP contribution in [0.2, 0.25) is 0 Å². The summed E-state index contributed by atoms with van der Waals surface area (Å²) in [6, 6.07) is 11.8. The number of carbonyl (C=O) groups excluding carboxylic acids is 2. The van der Waals surface area contributed by atoms with Gasteiger partial charge in [0.1, 0.15) is 12.3 Å². The van der Waals surface area contributed by atoms with E-state index >= 15 is 0 Å². The molecule has 0 unspecified atom stereocenters. The first-order chi connectivity index (χ1) is 15.7. The van der Waals surface area contributed by atoms with Crippen LogP contribution >= 0.6 is 15.9 Å². The molecule has 0 radical (unpaired) electrons. The Balaban J connectivity index is 1.71. The van der Waals surface area contributed by atoms with Crippen LogP contribution in [0.1, 0.15) is 34.2 Å². The second-order valence-electron chi connectivity index (χ2n) is 7.06. The van der Waals surface area contributed by atoms with E-state index in [2.05, 4.69) is 31.6 Å². The molecule has 0 spiro atoms. The number of aromatic nitrogens is 2. The number of para-hydroxylation sites is 1. The van der Waals surface area contributed by atoms with Crippen molar-refractivity contribution in [1.82, 2.24) is 15.2 Å². The SMILES string of the molecule is CC(=NNC(=O)Cn1nc(C)c(Br)c1C)c1ccccc1OC(=O)c1ccc([N+](=O)[O-])cc1. The molecule has 1 N–H and O–H groups in total. The fourth-order valence-electron chi connectivity index (χ4n) is 2.94. The summed E-state index contributed by atoms with van der Waals surface area (Å²) in [5.41, 5.74) is 5.05. The standard InChI is InChI=1S/C22H20BrN5O5/c1-13(24-25-20(29)12-27-15(3)21(23)14(2)26-27)18-6-4-5-7-19(18)33-22(30)16-8-10-17(11-9-16)28(31)32/h4-11H,12H2,1-3H3,(H,25,29). The van der Waals surface area contributed by atoms with Gasteiger partial charge in [0.05, 0.1) is 32.1 Å². The van der Waals surface area contributed by atoms with E-state index in [-0.39, 0.29) is 29.5 Å². The molecule has 11 heteroatoms. The van der Waals surface area contributed by atoms with E-state index in [4.69, 9.17) is 4.74 Å². The first-order valence-corrected chi connectivity index (χ1v) is 10.6. The molecule has 170 valence electrons. The first kappa shape index (κ1) is 23.8. The number of esters is 1. The Morgan fingerprint density at radius 1 is 1.18 bits per heavy atom. The maximum Gasteiger partial charge on any atom is 0.343 e. The highest BCUT2D eigenvalue weighted by Gasteiger charge is 2.15. The minimum absolute atomic E-state index is 0.00811. The van der Waals surface area contributed by atoms with E-state index in [0.717, 1.165) is 15.9 Å². The Hall–Kier alpha value is -3.86. The fourth-order valence-corrected chi connectivity index (χ4v) is 3.22. The smallest absolute Gasteiger partial charge is 0.343 e. The fraction of sp³-hybridized carbons (Fsp3) is 0.182. The summed E-state index contributed by atoms with van der Waals surface area (Å²) in [5, 5.41) is 19.2. The number of amides is 1. The van der Waals surface area contributed by atoms with E-state index in [0.29, 0.717) is 11.3 Å². The summed E-state index contributed by atoms with van der Waals surface area (Å²) in [4.78, 5) is 35.0. The minimum Gasteiger partial charge on any atom is -0.422 e. The Kier molecular flexibility index (Phi) is 7.34. The summed E-state index contributed by atoms with van der Waals surface area (Å²) < 4.78 is 7.88. The lowest BCUT2D eigenvalue weighted by molar-refractivity contribution is -0.384. The molecule has 33 heavy (non-hydrogen) atoms. The van der Waals surface area contributed by atoms with Crippen molar-refractivity contribution in [2.24, 2.45) is 5.10 Å². The highest BCUT2D eigenvalue weighted by Crippen LogP contribution is 2.22. The van der Waals surface area contributed by atoms with Gasteiger partial charge < -0.3 is 4.74 Å². The maximum atomic E-state index is 12.5. The third-order valence-electron chi connectivity index (χ3n) is 4.73. The highest BCUT2D eigenvalue weighted by molar-refractivity contribution is 9.10. The number of halogens is 1. The van der Waals surface area contributed by atoms with E-state index in [9.17, 15) is 19.7 Å². The molecule has 0 aliphatic heterocycles. The third kappa shape index (κ3) is 5.69. The van der Waals surface area contributed by atoms with E-state index in [1.165, 1.54) is 24.3 Å². The zero-order chi connectivity index (χ0) is 24.1. The molecule has 0 saturated carbocycles. The minimum atomic E-state index is -0.677. The largest absolute Gasteiger partial charge is 0.422 e. The molecule has 1 aromatic heterocycles. The molecule has 10 nitrogen and oxygen atoms in total. The lowest BCUT2D eigenvalue weighted by atomic mass is 10.1. The number of ether oxygens (including phenoxy) is 1. The third-order valence-corrected chi connectivity index (χ3v) is 5.88. The molecular weight excluding hydrogens is 494 g/mol. The normalized spacial score (nSPS) is 11.2. The lowest BCUT2D eigenvalue weighted by Crippen LogP contribution is -2.25. The van der Waals surface area contributed by atoms with Crippen LogP contribution in [0, 0.1) is 24.0 Å². The van der Waals surface area contributed by atoms with Crippen LogP contribution in [-0.2, 0) is 11.3 Å². The van der Waals surface area contributed by atoms with Crippen LogP contribution in [0.25, 0.3) is 0 Å². The number of rotatable bonds is 7. The summed E-state index contributed by atoms with van der Waals surface area (Å²) in [6.07, 6.45) is 0. The van der Waals surface area contributed by atoms with Crippen molar-refractivity contribution < 1.29 is 19.2 Å². The number of benzene rings is 2. The molecule has 0 aliphatic rings. The number of non-ortho nitro benzene ring substituents is 1. The van der Waals surface area contributed by atoms with Crippen molar-refractivity contribution in [3.05, 3.63) is 85.6 Å². The van der Waals surface area contributed by atoms with Gasteiger partial charge in [0.15, 0.2) is 0 Å². The van der Waals surface area contributed by atoms with Crippen LogP contribution in [0.5, 0.6) is 5.75 Å². The number of nitro groups is 1. The van der Waals surface area contributed by atoms with Crippen molar-refractivity contribution in [3.63, 3.8) is 0 Å². The number of hydrogen-bond acceptors (Lipinski definition) is 7. The molecule has 0 aliphatic carbocycles. The zero-order valence-electron chi connectivity index (χ0n) is 18.0. The van der Waals surface area contributed by atoms with Gasteiger partial charge in [-0.05, 0) is 61.0 Å². The van der Waals surface area contributed by atoms with Gasteiger partial charge in [0, 0.05) is 17.7 Å². The van der Waals surface area contributed by atoms with Crippen LogP contribution in [0.4, 0.5) is 5.69 Å². The predicted molar refractivity (Wildman–Crippen MR) is 124 cm³/mol. The monoisotopic (exact) mass is 513 g/mol. The average Bonchev–Trinajstić information content (AvgIpc) is 3.04. The van der Waals surface area contributed by atoms with Gasteiger partial charge in [-0.15, -0.1) is 0 Å². The number of nitrogens with one attached hydrogen (secondary N) is 1. The number of nitro benzene ring substituents is 1. The molecule has 0 bridgehead atoms. The topological polar surface area (TPSA) is 129 Å². The van der Waals surface area contributed by atoms with Crippen molar-refractivity contribution >= 4 is 39.2 Å².